The molecule has 0 saturated carbocycles. The van der Waals surface area contributed by atoms with Gasteiger partial charge in [-0.15, -0.1) is 0 Å². The van der Waals surface area contributed by atoms with Gasteiger partial charge in [-0.1, -0.05) is 83.9 Å². The molecule has 0 bridgehead atoms. The Balaban J connectivity index is 1.35. The van der Waals surface area contributed by atoms with Crippen LogP contribution in [0.25, 0.3) is 44.1 Å². The van der Waals surface area contributed by atoms with E-state index in [9.17, 15) is 9.59 Å². The largest absolute Gasteiger partial charge is 0.462 e. The highest BCUT2D eigenvalue weighted by Crippen LogP contribution is 2.37. The molecule has 50 heavy (non-hydrogen) atoms. The molecule has 0 atom stereocenters. The smallest absolute Gasteiger partial charge is 0.340 e. The number of carbonyl (C=O) groups is 2. The fourth-order valence-electron chi connectivity index (χ4n) is 5.87. The Morgan fingerprint density at radius 3 is 1.42 bits per heavy atom. The molecule has 0 aliphatic carbocycles. The lowest BCUT2D eigenvalue weighted by molar-refractivity contribution is 0.0516. The third-order valence-corrected chi connectivity index (χ3v) is 8.72. The summed E-state index contributed by atoms with van der Waals surface area (Å²) in [5.74, 6) is -1.02. The molecule has 4 aromatic carbocycles. The van der Waals surface area contributed by atoms with Crippen molar-refractivity contribution >= 4 is 74.3 Å². The van der Waals surface area contributed by atoms with Gasteiger partial charge in [-0.05, 0) is 73.6 Å². The van der Waals surface area contributed by atoms with E-state index in [1.165, 1.54) is 0 Å². The van der Waals surface area contributed by atoms with E-state index < -0.39 is 11.9 Å². The highest BCUT2D eigenvalue weighted by atomic mass is 35.5. The first kappa shape index (κ1) is 34.8. The molecule has 0 saturated heterocycles. The van der Waals surface area contributed by atoms with Gasteiger partial charge in [0.15, 0.2) is 5.11 Å². The van der Waals surface area contributed by atoms with Crippen molar-refractivity contribution < 1.29 is 19.1 Å². The number of nitrogens with zero attached hydrogens (tertiary/aromatic N) is 2. The normalized spacial score (nSPS) is 11.0. The first-order chi connectivity index (χ1) is 24.3. The van der Waals surface area contributed by atoms with Crippen LogP contribution in [0, 0.1) is 0 Å². The first-order valence-electron chi connectivity index (χ1n) is 16.0. The van der Waals surface area contributed by atoms with Crippen LogP contribution in [0.3, 0.4) is 0 Å². The maximum absolute atomic E-state index is 13.5. The molecule has 0 radical (unpaired) electrons. The lowest BCUT2D eigenvalue weighted by Gasteiger charge is -2.19. The number of benzene rings is 4. The summed E-state index contributed by atoms with van der Waals surface area (Å²) in [5, 5.41) is 9.12. The number of ether oxygens (including phenoxy) is 2. The molecule has 252 valence electrons. The fourth-order valence-corrected chi connectivity index (χ4v) is 6.36. The minimum atomic E-state index is -0.510. The van der Waals surface area contributed by atoms with Gasteiger partial charge in [-0.2, -0.15) is 0 Å². The van der Waals surface area contributed by atoms with Gasteiger partial charge in [0.1, 0.15) is 0 Å². The summed E-state index contributed by atoms with van der Waals surface area (Å²) >= 11 is 18.5. The lowest BCUT2D eigenvalue weighted by atomic mass is 9.94. The Bertz CT molecular complexity index is 2080. The van der Waals surface area contributed by atoms with E-state index in [4.69, 9.17) is 54.9 Å². The van der Waals surface area contributed by atoms with Crippen molar-refractivity contribution in [3.05, 3.63) is 130 Å². The molecular formula is C39H32Cl2N4O4S. The van der Waals surface area contributed by atoms with E-state index in [0.29, 0.717) is 54.7 Å². The van der Waals surface area contributed by atoms with Gasteiger partial charge in [-0.25, -0.2) is 19.6 Å². The highest BCUT2D eigenvalue weighted by molar-refractivity contribution is 7.80. The number of aromatic nitrogens is 2. The second-order valence-corrected chi connectivity index (χ2v) is 12.4. The van der Waals surface area contributed by atoms with Crippen molar-refractivity contribution in [1.29, 1.82) is 0 Å². The Labute approximate surface area is 304 Å². The molecule has 0 amide bonds. The van der Waals surface area contributed by atoms with Gasteiger partial charge in [0.05, 0.1) is 59.9 Å². The van der Waals surface area contributed by atoms with Gasteiger partial charge in [0, 0.05) is 31.9 Å². The third kappa shape index (κ3) is 7.40. The van der Waals surface area contributed by atoms with Crippen LogP contribution < -0.4 is 10.6 Å². The van der Waals surface area contributed by atoms with Crippen LogP contribution >= 0.6 is 35.4 Å². The molecule has 0 aliphatic rings. The number of rotatable bonds is 10. The molecule has 0 spiro atoms. The van der Waals surface area contributed by atoms with Crippen molar-refractivity contribution in [2.45, 2.75) is 26.9 Å². The van der Waals surface area contributed by atoms with Crippen molar-refractivity contribution in [2.75, 3.05) is 13.2 Å². The maximum atomic E-state index is 13.5. The fraction of sp³-hybridized carbons (Fsp3) is 0.154. The average Bonchev–Trinajstić information content (AvgIpc) is 3.12. The predicted molar refractivity (Wildman–Crippen MR) is 203 cm³/mol. The Morgan fingerprint density at radius 2 is 1.04 bits per heavy atom. The molecule has 2 aromatic heterocycles. The summed E-state index contributed by atoms with van der Waals surface area (Å²) in [6, 6.07) is 29.9. The zero-order valence-electron chi connectivity index (χ0n) is 27.3. The number of hydrogen-bond donors (Lipinski definition) is 2. The van der Waals surface area contributed by atoms with Crippen LogP contribution in [0.1, 0.15) is 46.0 Å². The minimum Gasteiger partial charge on any atom is -0.462 e. The number of esters is 2. The van der Waals surface area contributed by atoms with Gasteiger partial charge >= 0.3 is 11.9 Å². The lowest BCUT2D eigenvalue weighted by Crippen LogP contribution is -2.35. The molecule has 6 aromatic rings. The Kier molecular flexibility index (Phi) is 10.9. The van der Waals surface area contributed by atoms with Crippen LogP contribution in [-0.2, 0) is 22.6 Å². The molecule has 0 unspecified atom stereocenters. The number of thiocarbonyl (C=S) groups is 1. The van der Waals surface area contributed by atoms with Crippen molar-refractivity contribution in [1.82, 2.24) is 20.6 Å². The standard InChI is InChI=1S/C39H32Cl2N4O4S/c1-3-48-37(46)35-31(44-29-17-15-25(40)19-27(29)33(35)23-11-7-5-8-12-23)21-42-39(50)43-22-32-36(38(47)49-4-2)34(24-13-9-6-10-14-24)28-20-26(41)16-18-30(28)45-32/h5-20H,3-4,21-22H2,1-2H3,(H2,42,43,50). The second-order valence-electron chi connectivity index (χ2n) is 11.1. The van der Waals surface area contributed by atoms with Crippen LogP contribution in [0.15, 0.2) is 97.1 Å². The quantitative estimate of drug-likeness (QED) is 0.106. The molecule has 11 heteroatoms. The zero-order chi connectivity index (χ0) is 35.2. The van der Waals surface area contributed by atoms with Gasteiger partial charge in [0.2, 0.25) is 0 Å². The summed E-state index contributed by atoms with van der Waals surface area (Å²) in [7, 11) is 0. The van der Waals surface area contributed by atoms with E-state index in [2.05, 4.69) is 10.6 Å². The number of carbonyl (C=O) groups excluding carboxylic acids is 2. The molecule has 8 nitrogen and oxygen atoms in total. The van der Waals surface area contributed by atoms with E-state index in [1.807, 2.05) is 72.8 Å². The Hall–Kier alpha value is -5.09. The molecule has 2 heterocycles. The number of halogens is 2. The number of hydrogen-bond acceptors (Lipinski definition) is 7. The second kappa shape index (κ2) is 15.6. The van der Waals surface area contributed by atoms with Gasteiger partial charge in [-0.3, -0.25) is 0 Å². The van der Waals surface area contributed by atoms with E-state index in [-0.39, 0.29) is 31.4 Å². The SMILES string of the molecule is CCOC(=O)c1c(CNC(=S)NCc2nc3ccc(Cl)cc3c(-c3ccccc3)c2C(=O)OCC)nc2ccc(Cl)cc2c1-c1ccccc1. The van der Waals surface area contributed by atoms with Crippen LogP contribution in [0.2, 0.25) is 10.0 Å². The predicted octanol–water partition coefficient (Wildman–Crippen LogP) is 8.94. The minimum absolute atomic E-state index is 0.0992. The monoisotopic (exact) mass is 722 g/mol. The molecular weight excluding hydrogens is 691 g/mol. The molecule has 6 rings (SSSR count). The van der Waals surface area contributed by atoms with Gasteiger partial charge in [0.25, 0.3) is 0 Å². The maximum Gasteiger partial charge on any atom is 0.340 e. The first-order valence-corrected chi connectivity index (χ1v) is 17.2. The van der Waals surface area contributed by atoms with Crippen LogP contribution in [0.4, 0.5) is 0 Å². The van der Waals surface area contributed by atoms with Crippen LogP contribution in [0.5, 0.6) is 0 Å². The highest BCUT2D eigenvalue weighted by Gasteiger charge is 2.26. The number of fused-ring (bicyclic) bond motifs is 2. The zero-order valence-corrected chi connectivity index (χ0v) is 29.6. The van der Waals surface area contributed by atoms with Crippen molar-refractivity contribution in [3.8, 4) is 22.3 Å². The van der Waals surface area contributed by atoms with Crippen molar-refractivity contribution in [3.63, 3.8) is 0 Å². The molecule has 0 fully saturated rings. The van der Waals surface area contributed by atoms with Crippen molar-refractivity contribution in [2.24, 2.45) is 0 Å². The number of nitrogens with one attached hydrogen (secondary N) is 2. The summed E-state index contributed by atoms with van der Waals surface area (Å²) in [5.41, 5.74) is 5.80. The summed E-state index contributed by atoms with van der Waals surface area (Å²) in [6.45, 7) is 4.08. The average molecular weight is 724 g/mol. The van der Waals surface area contributed by atoms with Gasteiger partial charge < -0.3 is 20.1 Å². The summed E-state index contributed by atoms with van der Waals surface area (Å²) < 4.78 is 11.0. The van der Waals surface area contributed by atoms with E-state index >= 15 is 0 Å². The molecule has 0 aliphatic heterocycles. The van der Waals surface area contributed by atoms with E-state index in [0.717, 1.165) is 21.9 Å². The summed E-state index contributed by atoms with van der Waals surface area (Å²) in [6.07, 6.45) is 0. The van der Waals surface area contributed by atoms with Crippen LogP contribution in [-0.4, -0.2) is 40.2 Å². The third-order valence-electron chi connectivity index (χ3n) is 7.96. The molecule has 2 N–H and O–H groups in total. The summed E-state index contributed by atoms with van der Waals surface area (Å²) in [4.78, 5) is 36.8. The number of pyridine rings is 2. The van der Waals surface area contributed by atoms with E-state index in [1.54, 1.807) is 38.1 Å². The topological polar surface area (TPSA) is 102 Å². The Morgan fingerprint density at radius 1 is 0.640 bits per heavy atom.